The molecule has 1 heterocycles. The van der Waals surface area contributed by atoms with E-state index in [1.165, 1.54) is 0 Å². The maximum Gasteiger partial charge on any atom is 0.206 e. The molecule has 1 aromatic heterocycles. The standard InChI is InChI=1S/C18H11NO3S/c1-22-11-8-6-10(7-9-11)15-14-16(20)12-4-2-3-5-13(12)17(21)18(14)23-19-15/h2-9H,1H3. The minimum absolute atomic E-state index is 0.132. The topological polar surface area (TPSA) is 56.3 Å². The molecule has 0 saturated heterocycles. The molecule has 23 heavy (non-hydrogen) atoms. The van der Waals surface area contributed by atoms with E-state index >= 15 is 0 Å². The second-order valence-electron chi connectivity index (χ2n) is 5.17. The van der Waals surface area contributed by atoms with Gasteiger partial charge in [-0.3, -0.25) is 9.59 Å². The molecule has 0 unspecified atom stereocenters. The molecule has 5 heteroatoms. The van der Waals surface area contributed by atoms with Gasteiger partial charge in [0.2, 0.25) is 5.78 Å². The minimum atomic E-state index is -0.144. The molecule has 0 saturated carbocycles. The van der Waals surface area contributed by atoms with Gasteiger partial charge in [0.05, 0.1) is 18.4 Å². The Balaban J connectivity index is 1.89. The van der Waals surface area contributed by atoms with Crippen molar-refractivity contribution in [2.45, 2.75) is 0 Å². The molecule has 0 amide bonds. The van der Waals surface area contributed by atoms with Gasteiger partial charge in [0.15, 0.2) is 5.78 Å². The van der Waals surface area contributed by atoms with Gasteiger partial charge in [-0.15, -0.1) is 0 Å². The van der Waals surface area contributed by atoms with Gasteiger partial charge in [-0.05, 0) is 35.8 Å². The number of rotatable bonds is 2. The van der Waals surface area contributed by atoms with Gasteiger partial charge in [-0.25, -0.2) is 0 Å². The lowest BCUT2D eigenvalue weighted by Crippen LogP contribution is -2.19. The number of benzene rings is 2. The summed E-state index contributed by atoms with van der Waals surface area (Å²) in [5.41, 5.74) is 2.66. The zero-order chi connectivity index (χ0) is 16.0. The highest BCUT2D eigenvalue weighted by Crippen LogP contribution is 2.36. The Bertz CT molecular complexity index is 941. The molecule has 0 radical (unpaired) electrons. The van der Waals surface area contributed by atoms with E-state index in [2.05, 4.69) is 4.37 Å². The van der Waals surface area contributed by atoms with Crippen molar-refractivity contribution in [1.82, 2.24) is 4.37 Å². The minimum Gasteiger partial charge on any atom is -0.497 e. The van der Waals surface area contributed by atoms with Gasteiger partial charge in [0.1, 0.15) is 10.6 Å². The second kappa shape index (κ2) is 5.14. The number of methoxy groups -OCH3 is 1. The summed E-state index contributed by atoms with van der Waals surface area (Å²) >= 11 is 1.08. The van der Waals surface area contributed by atoms with Crippen molar-refractivity contribution < 1.29 is 14.3 Å². The third kappa shape index (κ3) is 2.01. The molecule has 0 bridgehead atoms. The molecule has 0 spiro atoms. The SMILES string of the molecule is COc1ccc(-c2nsc3c2C(=O)c2ccccc2C3=O)cc1. The van der Waals surface area contributed by atoms with Crippen LogP contribution in [0.15, 0.2) is 48.5 Å². The van der Waals surface area contributed by atoms with E-state index in [9.17, 15) is 9.59 Å². The van der Waals surface area contributed by atoms with Crippen LogP contribution >= 0.6 is 11.5 Å². The fourth-order valence-electron chi connectivity index (χ4n) is 2.74. The number of hydrogen-bond donors (Lipinski definition) is 0. The highest BCUT2D eigenvalue weighted by molar-refractivity contribution is 7.09. The Labute approximate surface area is 136 Å². The predicted octanol–water partition coefficient (Wildman–Crippen LogP) is 3.59. The van der Waals surface area contributed by atoms with Crippen LogP contribution in [0.3, 0.4) is 0 Å². The van der Waals surface area contributed by atoms with E-state index in [0.717, 1.165) is 22.8 Å². The van der Waals surface area contributed by atoms with Gasteiger partial charge in [-0.1, -0.05) is 24.3 Å². The van der Waals surface area contributed by atoms with E-state index in [-0.39, 0.29) is 11.6 Å². The molecule has 2 aromatic carbocycles. The Morgan fingerprint density at radius 2 is 1.57 bits per heavy atom. The number of aromatic nitrogens is 1. The molecule has 0 atom stereocenters. The summed E-state index contributed by atoms with van der Waals surface area (Å²) in [7, 11) is 1.60. The molecule has 0 N–H and O–H groups in total. The number of nitrogens with zero attached hydrogens (tertiary/aromatic N) is 1. The monoisotopic (exact) mass is 321 g/mol. The van der Waals surface area contributed by atoms with Crippen molar-refractivity contribution in [3.8, 4) is 17.0 Å². The van der Waals surface area contributed by atoms with Crippen LogP contribution in [0.1, 0.15) is 31.2 Å². The first kappa shape index (κ1) is 13.8. The summed E-state index contributed by atoms with van der Waals surface area (Å²) < 4.78 is 9.51. The second-order valence-corrected chi connectivity index (χ2v) is 5.94. The molecule has 0 fully saturated rings. The zero-order valence-electron chi connectivity index (χ0n) is 12.2. The summed E-state index contributed by atoms with van der Waals surface area (Å²) in [6, 6.07) is 14.2. The third-order valence-corrected chi connectivity index (χ3v) is 4.75. The maximum absolute atomic E-state index is 12.8. The van der Waals surface area contributed by atoms with E-state index in [1.807, 2.05) is 24.3 Å². The van der Waals surface area contributed by atoms with E-state index < -0.39 is 0 Å². The highest BCUT2D eigenvalue weighted by atomic mass is 32.1. The predicted molar refractivity (Wildman–Crippen MR) is 87.4 cm³/mol. The summed E-state index contributed by atoms with van der Waals surface area (Å²) in [6.07, 6.45) is 0. The van der Waals surface area contributed by atoms with Crippen molar-refractivity contribution in [1.29, 1.82) is 0 Å². The summed E-state index contributed by atoms with van der Waals surface area (Å²) in [6.45, 7) is 0. The fourth-order valence-corrected chi connectivity index (χ4v) is 3.59. The lowest BCUT2D eigenvalue weighted by molar-refractivity contribution is 0.0983. The van der Waals surface area contributed by atoms with Crippen LogP contribution in [-0.2, 0) is 0 Å². The molecular weight excluding hydrogens is 310 g/mol. The van der Waals surface area contributed by atoms with E-state index in [0.29, 0.717) is 27.3 Å². The largest absolute Gasteiger partial charge is 0.497 e. The molecular formula is C18H11NO3S. The molecule has 4 nitrogen and oxygen atoms in total. The number of ether oxygens (including phenoxy) is 1. The zero-order valence-corrected chi connectivity index (χ0v) is 13.0. The Hall–Kier alpha value is -2.79. The number of hydrogen-bond acceptors (Lipinski definition) is 5. The Morgan fingerprint density at radius 3 is 2.22 bits per heavy atom. The van der Waals surface area contributed by atoms with Gasteiger partial charge < -0.3 is 4.74 Å². The average Bonchev–Trinajstić information content (AvgIpc) is 3.05. The van der Waals surface area contributed by atoms with Crippen LogP contribution in [0.5, 0.6) is 5.75 Å². The third-order valence-electron chi connectivity index (χ3n) is 3.91. The molecule has 3 aromatic rings. The van der Waals surface area contributed by atoms with Gasteiger partial charge in [0.25, 0.3) is 0 Å². The van der Waals surface area contributed by atoms with Crippen LogP contribution in [0.2, 0.25) is 0 Å². The van der Waals surface area contributed by atoms with Crippen molar-refractivity contribution >= 4 is 23.1 Å². The number of ketones is 2. The fraction of sp³-hybridized carbons (Fsp3) is 0.0556. The first-order chi connectivity index (χ1) is 11.2. The van der Waals surface area contributed by atoms with Gasteiger partial charge in [-0.2, -0.15) is 4.37 Å². The number of carbonyl (C=O) groups excluding carboxylic acids is 2. The smallest absolute Gasteiger partial charge is 0.206 e. The van der Waals surface area contributed by atoms with E-state index in [1.54, 1.807) is 31.4 Å². The van der Waals surface area contributed by atoms with E-state index in [4.69, 9.17) is 4.74 Å². The van der Waals surface area contributed by atoms with Crippen molar-refractivity contribution in [3.05, 3.63) is 70.1 Å². The van der Waals surface area contributed by atoms with Crippen molar-refractivity contribution in [2.75, 3.05) is 7.11 Å². The van der Waals surface area contributed by atoms with Crippen LogP contribution in [-0.4, -0.2) is 23.0 Å². The van der Waals surface area contributed by atoms with Crippen LogP contribution in [0, 0.1) is 0 Å². The lowest BCUT2D eigenvalue weighted by Gasteiger charge is -2.14. The van der Waals surface area contributed by atoms with Crippen molar-refractivity contribution in [2.24, 2.45) is 0 Å². The van der Waals surface area contributed by atoms with Crippen molar-refractivity contribution in [3.63, 3.8) is 0 Å². The first-order valence-corrected chi connectivity index (χ1v) is 7.80. The number of carbonyl (C=O) groups is 2. The molecule has 1 aliphatic carbocycles. The average molecular weight is 321 g/mol. The highest BCUT2D eigenvalue weighted by Gasteiger charge is 2.34. The maximum atomic E-state index is 12.8. The van der Waals surface area contributed by atoms with Gasteiger partial charge in [0, 0.05) is 16.7 Å². The quantitative estimate of drug-likeness (QED) is 0.566. The molecule has 1 aliphatic rings. The lowest BCUT2D eigenvalue weighted by atomic mass is 9.87. The Kier molecular flexibility index (Phi) is 3.09. The van der Waals surface area contributed by atoms with Crippen LogP contribution in [0.4, 0.5) is 0 Å². The summed E-state index contributed by atoms with van der Waals surface area (Å²) in [5.74, 6) is 0.452. The summed E-state index contributed by atoms with van der Waals surface area (Å²) in [5, 5.41) is 0. The molecule has 4 rings (SSSR count). The number of fused-ring (bicyclic) bond motifs is 2. The normalized spacial score (nSPS) is 12.7. The Morgan fingerprint density at radius 1 is 0.913 bits per heavy atom. The molecule has 0 aliphatic heterocycles. The molecule has 112 valence electrons. The summed E-state index contributed by atoms with van der Waals surface area (Å²) in [4.78, 5) is 25.8. The first-order valence-electron chi connectivity index (χ1n) is 7.03. The van der Waals surface area contributed by atoms with Gasteiger partial charge >= 0.3 is 0 Å². The van der Waals surface area contributed by atoms with Crippen LogP contribution in [0.25, 0.3) is 11.3 Å². The van der Waals surface area contributed by atoms with Crippen LogP contribution < -0.4 is 4.74 Å².